The fourth-order valence-electron chi connectivity index (χ4n) is 3.60. The quantitative estimate of drug-likeness (QED) is 0.374. The first-order chi connectivity index (χ1) is 17.3. The van der Waals surface area contributed by atoms with Gasteiger partial charge in [-0.05, 0) is 55.3 Å². The third kappa shape index (κ3) is 6.42. The van der Waals surface area contributed by atoms with Crippen molar-refractivity contribution < 1.29 is 22.7 Å². The normalized spacial score (nSPS) is 11.0. The first-order valence-electron chi connectivity index (χ1n) is 11.7. The molecule has 8 nitrogen and oxygen atoms in total. The molecule has 0 aliphatic carbocycles. The smallest absolute Gasteiger partial charge is 0.264 e. The van der Waals surface area contributed by atoms with E-state index in [1.54, 1.807) is 60.7 Å². The Morgan fingerprint density at radius 1 is 0.972 bits per heavy atom. The van der Waals surface area contributed by atoms with Crippen molar-refractivity contribution in [2.24, 2.45) is 0 Å². The zero-order chi connectivity index (χ0) is 26.1. The van der Waals surface area contributed by atoms with Crippen molar-refractivity contribution in [3.8, 4) is 5.75 Å². The van der Waals surface area contributed by atoms with Gasteiger partial charge in [-0.2, -0.15) is 0 Å². The molecule has 0 fully saturated rings. The van der Waals surface area contributed by atoms with Gasteiger partial charge in [0.1, 0.15) is 12.3 Å². The van der Waals surface area contributed by atoms with Crippen molar-refractivity contribution in [1.82, 2.24) is 5.32 Å². The molecule has 2 N–H and O–H groups in total. The van der Waals surface area contributed by atoms with E-state index in [2.05, 4.69) is 10.6 Å². The highest BCUT2D eigenvalue weighted by molar-refractivity contribution is 7.92. The number of para-hydroxylation sites is 1. The first-order valence-corrected chi connectivity index (χ1v) is 13.1. The second kappa shape index (κ2) is 12.2. The molecule has 0 unspecified atom stereocenters. The predicted octanol–water partition coefficient (Wildman–Crippen LogP) is 4.37. The summed E-state index contributed by atoms with van der Waals surface area (Å²) in [5.41, 5.74) is 1.63. The van der Waals surface area contributed by atoms with Gasteiger partial charge in [0.2, 0.25) is 5.91 Å². The number of nitrogens with one attached hydrogen (secondary N) is 2. The lowest BCUT2D eigenvalue weighted by Crippen LogP contribution is -2.38. The molecule has 3 rings (SSSR count). The largest absolute Gasteiger partial charge is 0.495 e. The minimum atomic E-state index is -4.12. The van der Waals surface area contributed by atoms with Crippen LogP contribution < -0.4 is 19.7 Å². The molecule has 3 aromatic carbocycles. The Bertz CT molecular complexity index is 1310. The molecule has 0 aliphatic heterocycles. The summed E-state index contributed by atoms with van der Waals surface area (Å²) in [7, 11) is -2.68. The number of benzene rings is 3. The number of nitrogens with zero attached hydrogens (tertiary/aromatic N) is 1. The molecule has 0 radical (unpaired) electrons. The first kappa shape index (κ1) is 26.7. The van der Waals surface area contributed by atoms with Crippen molar-refractivity contribution in [2.75, 3.05) is 29.8 Å². The fourth-order valence-corrected chi connectivity index (χ4v) is 5.04. The molecular formula is C27H31N3O5S. The van der Waals surface area contributed by atoms with Crippen LogP contribution in [0.4, 0.5) is 11.4 Å². The number of ether oxygens (including phenoxy) is 1. The standard InChI is InChI=1S/C27H31N3O5S/c1-4-5-17-28-27(32)22-13-9-10-14-23(22)29-26(31)19-30(24-18-20(2)15-16-25(24)35-3)36(33,34)21-11-7-6-8-12-21/h6-16,18H,4-5,17,19H2,1-3H3,(H,28,32)(H,29,31). The number of unbranched alkanes of at least 4 members (excludes halogenated alkanes) is 1. The van der Waals surface area contributed by atoms with Crippen LogP contribution in [0.1, 0.15) is 35.7 Å². The SMILES string of the molecule is CCCCNC(=O)c1ccccc1NC(=O)CN(c1cc(C)ccc1OC)S(=O)(=O)c1ccccc1. The molecule has 0 heterocycles. The average molecular weight is 510 g/mol. The van der Waals surface area contributed by atoms with Gasteiger partial charge in [-0.25, -0.2) is 8.42 Å². The molecular weight excluding hydrogens is 478 g/mol. The predicted molar refractivity (Wildman–Crippen MR) is 141 cm³/mol. The Kier molecular flexibility index (Phi) is 9.08. The summed E-state index contributed by atoms with van der Waals surface area (Å²) in [6.45, 7) is 3.85. The summed E-state index contributed by atoms with van der Waals surface area (Å²) in [6, 6.07) is 19.6. The third-order valence-electron chi connectivity index (χ3n) is 5.48. The van der Waals surface area contributed by atoms with Gasteiger partial charge in [0.15, 0.2) is 0 Å². The van der Waals surface area contributed by atoms with Crippen molar-refractivity contribution in [2.45, 2.75) is 31.6 Å². The number of carbonyl (C=O) groups excluding carboxylic acids is 2. The lowest BCUT2D eigenvalue weighted by Gasteiger charge is -2.26. The number of aryl methyl sites for hydroxylation is 1. The van der Waals surface area contributed by atoms with Crippen LogP contribution in [0.3, 0.4) is 0 Å². The molecule has 9 heteroatoms. The van der Waals surface area contributed by atoms with Crippen molar-refractivity contribution in [3.05, 3.63) is 83.9 Å². The number of anilines is 2. The number of rotatable bonds is 11. The number of methoxy groups -OCH3 is 1. The van der Waals surface area contributed by atoms with Gasteiger partial charge in [-0.1, -0.05) is 49.7 Å². The number of carbonyl (C=O) groups is 2. The molecule has 2 amide bonds. The van der Waals surface area contributed by atoms with Crippen LogP contribution in [0.15, 0.2) is 77.7 Å². The zero-order valence-corrected chi connectivity index (χ0v) is 21.5. The van der Waals surface area contributed by atoms with Crippen LogP contribution in [0.2, 0.25) is 0 Å². The molecule has 0 atom stereocenters. The second-order valence-electron chi connectivity index (χ2n) is 8.20. The number of sulfonamides is 1. The van der Waals surface area contributed by atoms with Crippen LogP contribution in [0.5, 0.6) is 5.75 Å². The van der Waals surface area contributed by atoms with Gasteiger partial charge in [0, 0.05) is 6.54 Å². The van der Waals surface area contributed by atoms with Gasteiger partial charge in [-0.3, -0.25) is 13.9 Å². The Morgan fingerprint density at radius 2 is 1.67 bits per heavy atom. The van der Waals surface area contributed by atoms with Crippen LogP contribution in [0, 0.1) is 6.92 Å². The Balaban J connectivity index is 1.95. The number of hydrogen-bond donors (Lipinski definition) is 2. The highest BCUT2D eigenvalue weighted by Gasteiger charge is 2.30. The van der Waals surface area contributed by atoms with E-state index >= 15 is 0 Å². The summed E-state index contributed by atoms with van der Waals surface area (Å²) in [5, 5.41) is 5.55. The van der Waals surface area contributed by atoms with E-state index in [0.717, 1.165) is 22.7 Å². The second-order valence-corrected chi connectivity index (χ2v) is 10.1. The van der Waals surface area contributed by atoms with Crippen molar-refractivity contribution in [1.29, 1.82) is 0 Å². The zero-order valence-electron chi connectivity index (χ0n) is 20.7. The van der Waals surface area contributed by atoms with E-state index in [9.17, 15) is 18.0 Å². The lowest BCUT2D eigenvalue weighted by atomic mass is 10.1. The molecule has 0 saturated heterocycles. The van der Waals surface area contributed by atoms with E-state index in [1.807, 2.05) is 13.8 Å². The molecule has 3 aromatic rings. The molecule has 0 bridgehead atoms. The van der Waals surface area contributed by atoms with Gasteiger partial charge >= 0.3 is 0 Å². The summed E-state index contributed by atoms with van der Waals surface area (Å²) in [6.07, 6.45) is 1.78. The van der Waals surface area contributed by atoms with Crippen LogP contribution in [-0.4, -0.2) is 40.4 Å². The van der Waals surface area contributed by atoms with E-state index in [-0.39, 0.29) is 16.5 Å². The highest BCUT2D eigenvalue weighted by atomic mass is 32.2. The van der Waals surface area contributed by atoms with Gasteiger partial charge in [0.25, 0.3) is 15.9 Å². The summed E-state index contributed by atoms with van der Waals surface area (Å²) >= 11 is 0. The van der Waals surface area contributed by atoms with E-state index in [4.69, 9.17) is 4.74 Å². The Hall–Kier alpha value is -3.85. The molecule has 0 aromatic heterocycles. The molecule has 190 valence electrons. The van der Waals surface area contributed by atoms with E-state index in [0.29, 0.717) is 23.5 Å². The number of hydrogen-bond acceptors (Lipinski definition) is 5. The molecule has 0 saturated carbocycles. The molecule has 0 spiro atoms. The summed E-state index contributed by atoms with van der Waals surface area (Å²) < 4.78 is 33.7. The van der Waals surface area contributed by atoms with Gasteiger partial charge in [-0.15, -0.1) is 0 Å². The maximum atomic E-state index is 13.6. The maximum Gasteiger partial charge on any atom is 0.264 e. The Labute approximate surface area is 212 Å². The maximum absolute atomic E-state index is 13.6. The van der Waals surface area contributed by atoms with Crippen molar-refractivity contribution >= 4 is 33.2 Å². The summed E-state index contributed by atoms with van der Waals surface area (Å²) in [4.78, 5) is 25.9. The minimum absolute atomic E-state index is 0.0389. The number of amides is 2. The third-order valence-corrected chi connectivity index (χ3v) is 7.26. The van der Waals surface area contributed by atoms with Crippen LogP contribution in [-0.2, 0) is 14.8 Å². The highest BCUT2D eigenvalue weighted by Crippen LogP contribution is 2.33. The van der Waals surface area contributed by atoms with Crippen LogP contribution >= 0.6 is 0 Å². The molecule has 0 aliphatic rings. The minimum Gasteiger partial charge on any atom is -0.495 e. The monoisotopic (exact) mass is 509 g/mol. The topological polar surface area (TPSA) is 105 Å². The van der Waals surface area contributed by atoms with E-state index in [1.165, 1.54) is 19.2 Å². The lowest BCUT2D eigenvalue weighted by molar-refractivity contribution is -0.114. The molecule has 36 heavy (non-hydrogen) atoms. The van der Waals surface area contributed by atoms with Crippen LogP contribution in [0.25, 0.3) is 0 Å². The Morgan fingerprint density at radius 3 is 2.36 bits per heavy atom. The van der Waals surface area contributed by atoms with Gasteiger partial charge < -0.3 is 15.4 Å². The fraction of sp³-hybridized carbons (Fsp3) is 0.259. The van der Waals surface area contributed by atoms with Gasteiger partial charge in [0.05, 0.1) is 28.9 Å². The average Bonchev–Trinajstić information content (AvgIpc) is 2.88. The van der Waals surface area contributed by atoms with Crippen molar-refractivity contribution in [3.63, 3.8) is 0 Å². The van der Waals surface area contributed by atoms with E-state index < -0.39 is 22.5 Å². The summed E-state index contributed by atoms with van der Waals surface area (Å²) in [5.74, 6) is -0.607.